The second-order valence-corrected chi connectivity index (χ2v) is 6.24. The highest BCUT2D eigenvalue weighted by atomic mass is 15.2. The van der Waals surface area contributed by atoms with E-state index < -0.39 is 0 Å². The van der Waals surface area contributed by atoms with Gasteiger partial charge in [0, 0.05) is 26.2 Å². The van der Waals surface area contributed by atoms with Crippen LogP contribution in [0.15, 0.2) is 17.6 Å². The van der Waals surface area contributed by atoms with E-state index in [4.69, 9.17) is 4.99 Å². The van der Waals surface area contributed by atoms with Crippen molar-refractivity contribution in [3.05, 3.63) is 12.7 Å². The minimum atomic E-state index is 0.483. The van der Waals surface area contributed by atoms with E-state index in [2.05, 4.69) is 34.7 Å². The third kappa shape index (κ3) is 5.00. The molecule has 124 valence electrons. The van der Waals surface area contributed by atoms with Crippen molar-refractivity contribution in [3.8, 4) is 0 Å². The number of aliphatic imine (C=N–C) groups is 1. The van der Waals surface area contributed by atoms with Crippen LogP contribution in [-0.2, 0) is 6.54 Å². The number of hydrogen-bond donors (Lipinski definition) is 2. The minimum Gasteiger partial charge on any atom is -0.357 e. The summed E-state index contributed by atoms with van der Waals surface area (Å²) in [5.74, 6) is 0.964. The van der Waals surface area contributed by atoms with Crippen molar-refractivity contribution in [2.45, 2.75) is 58.9 Å². The SMILES string of the molecule is CCNC(=NCC1(CC)CCC1)NCCCCn1cnnc1. The summed E-state index contributed by atoms with van der Waals surface area (Å²) in [5, 5.41) is 14.4. The van der Waals surface area contributed by atoms with Crippen molar-refractivity contribution in [2.75, 3.05) is 19.6 Å². The summed E-state index contributed by atoms with van der Waals surface area (Å²) in [5.41, 5.74) is 0.483. The normalized spacial score (nSPS) is 17.1. The minimum absolute atomic E-state index is 0.483. The Bertz CT molecular complexity index is 430. The average molecular weight is 306 g/mol. The summed E-state index contributed by atoms with van der Waals surface area (Å²) >= 11 is 0. The number of nitrogens with one attached hydrogen (secondary N) is 2. The Morgan fingerprint density at radius 1 is 1.18 bits per heavy atom. The third-order valence-corrected chi connectivity index (χ3v) is 4.68. The fourth-order valence-electron chi connectivity index (χ4n) is 2.85. The maximum atomic E-state index is 4.80. The van der Waals surface area contributed by atoms with E-state index in [0.29, 0.717) is 5.41 Å². The molecule has 0 unspecified atom stereocenters. The van der Waals surface area contributed by atoms with Gasteiger partial charge in [0.15, 0.2) is 5.96 Å². The topological polar surface area (TPSA) is 67.1 Å². The smallest absolute Gasteiger partial charge is 0.191 e. The first-order chi connectivity index (χ1) is 10.8. The molecule has 2 N–H and O–H groups in total. The van der Waals surface area contributed by atoms with E-state index in [0.717, 1.165) is 45.0 Å². The van der Waals surface area contributed by atoms with Crippen LogP contribution in [0.1, 0.15) is 52.4 Å². The fourth-order valence-corrected chi connectivity index (χ4v) is 2.85. The molecule has 0 radical (unpaired) electrons. The van der Waals surface area contributed by atoms with Gasteiger partial charge in [-0.2, -0.15) is 0 Å². The molecule has 2 rings (SSSR count). The molecule has 1 aliphatic carbocycles. The summed E-state index contributed by atoms with van der Waals surface area (Å²) in [6.07, 6.45) is 11.1. The second kappa shape index (κ2) is 8.76. The van der Waals surface area contributed by atoms with Crippen LogP contribution in [-0.4, -0.2) is 40.4 Å². The lowest BCUT2D eigenvalue weighted by molar-refractivity contribution is 0.139. The molecule has 0 amide bonds. The molecule has 1 heterocycles. The molecule has 1 fully saturated rings. The van der Waals surface area contributed by atoms with Crippen LogP contribution in [0, 0.1) is 5.41 Å². The van der Waals surface area contributed by atoms with E-state index in [1.807, 2.05) is 4.57 Å². The van der Waals surface area contributed by atoms with Crippen LogP contribution in [0.4, 0.5) is 0 Å². The summed E-state index contributed by atoms with van der Waals surface area (Å²) in [4.78, 5) is 4.80. The van der Waals surface area contributed by atoms with Crippen LogP contribution in [0.5, 0.6) is 0 Å². The van der Waals surface area contributed by atoms with Crippen LogP contribution in [0.3, 0.4) is 0 Å². The van der Waals surface area contributed by atoms with Gasteiger partial charge in [0.25, 0.3) is 0 Å². The van der Waals surface area contributed by atoms with Crippen molar-refractivity contribution < 1.29 is 0 Å². The van der Waals surface area contributed by atoms with Crippen LogP contribution >= 0.6 is 0 Å². The highest BCUT2D eigenvalue weighted by Gasteiger charge is 2.34. The highest BCUT2D eigenvalue weighted by molar-refractivity contribution is 5.79. The Balaban J connectivity index is 1.67. The van der Waals surface area contributed by atoms with Crippen molar-refractivity contribution in [2.24, 2.45) is 10.4 Å². The first-order valence-corrected chi connectivity index (χ1v) is 8.62. The molecular weight excluding hydrogens is 276 g/mol. The Kier molecular flexibility index (Phi) is 6.68. The molecule has 1 aromatic heterocycles. The van der Waals surface area contributed by atoms with Gasteiger partial charge in [0.2, 0.25) is 0 Å². The molecule has 0 atom stereocenters. The number of aromatic nitrogens is 3. The molecule has 1 aromatic rings. The molecule has 0 bridgehead atoms. The fraction of sp³-hybridized carbons (Fsp3) is 0.812. The number of aryl methyl sites for hydroxylation is 1. The van der Waals surface area contributed by atoms with Crippen LogP contribution in [0.25, 0.3) is 0 Å². The quantitative estimate of drug-likeness (QED) is 0.417. The van der Waals surface area contributed by atoms with Gasteiger partial charge in [-0.15, -0.1) is 10.2 Å². The molecule has 1 saturated carbocycles. The van der Waals surface area contributed by atoms with Gasteiger partial charge in [0.05, 0.1) is 0 Å². The molecule has 0 saturated heterocycles. The summed E-state index contributed by atoms with van der Waals surface area (Å²) in [6.45, 7) is 8.20. The number of hydrogen-bond acceptors (Lipinski definition) is 3. The molecule has 0 aromatic carbocycles. The lowest BCUT2D eigenvalue weighted by atomic mass is 9.67. The molecule has 1 aliphatic rings. The molecule has 6 nitrogen and oxygen atoms in total. The van der Waals surface area contributed by atoms with Gasteiger partial charge in [0.1, 0.15) is 12.7 Å². The van der Waals surface area contributed by atoms with E-state index in [-0.39, 0.29) is 0 Å². The highest BCUT2D eigenvalue weighted by Crippen LogP contribution is 2.43. The molecular formula is C16H30N6. The monoisotopic (exact) mass is 306 g/mol. The average Bonchev–Trinajstić information content (AvgIpc) is 2.99. The Morgan fingerprint density at radius 2 is 1.95 bits per heavy atom. The molecule has 0 spiro atoms. The largest absolute Gasteiger partial charge is 0.357 e. The molecule has 22 heavy (non-hydrogen) atoms. The summed E-state index contributed by atoms with van der Waals surface area (Å²) in [6, 6.07) is 0. The van der Waals surface area contributed by atoms with Crippen molar-refractivity contribution >= 4 is 5.96 Å². The zero-order valence-electron chi connectivity index (χ0n) is 14.0. The maximum absolute atomic E-state index is 4.80. The number of unbranched alkanes of at least 4 members (excludes halogenated alkanes) is 1. The Morgan fingerprint density at radius 3 is 2.55 bits per heavy atom. The standard InChI is InChI=1S/C16H30N6/c1-3-16(8-7-9-16)12-19-15(17-4-2)18-10-5-6-11-22-13-20-21-14-22/h13-14H,3-12H2,1-2H3,(H2,17,18,19). The maximum Gasteiger partial charge on any atom is 0.191 e. The van der Waals surface area contributed by atoms with Crippen molar-refractivity contribution in [1.29, 1.82) is 0 Å². The zero-order chi connectivity index (χ0) is 15.7. The predicted molar refractivity (Wildman–Crippen MR) is 89.8 cm³/mol. The second-order valence-electron chi connectivity index (χ2n) is 6.24. The Hall–Kier alpha value is -1.59. The van der Waals surface area contributed by atoms with E-state index in [1.165, 1.54) is 25.7 Å². The third-order valence-electron chi connectivity index (χ3n) is 4.68. The lowest BCUT2D eigenvalue weighted by Gasteiger charge is -2.40. The lowest BCUT2D eigenvalue weighted by Crippen LogP contribution is -2.40. The van der Waals surface area contributed by atoms with Gasteiger partial charge in [-0.25, -0.2) is 0 Å². The van der Waals surface area contributed by atoms with E-state index >= 15 is 0 Å². The number of nitrogens with zero attached hydrogens (tertiary/aromatic N) is 4. The van der Waals surface area contributed by atoms with Gasteiger partial charge >= 0.3 is 0 Å². The van der Waals surface area contributed by atoms with Gasteiger partial charge in [-0.05, 0) is 44.4 Å². The predicted octanol–water partition coefficient (Wildman–Crippen LogP) is 2.19. The van der Waals surface area contributed by atoms with Crippen molar-refractivity contribution in [3.63, 3.8) is 0 Å². The summed E-state index contributed by atoms with van der Waals surface area (Å²) in [7, 11) is 0. The first-order valence-electron chi connectivity index (χ1n) is 8.62. The van der Waals surface area contributed by atoms with Crippen LogP contribution in [0.2, 0.25) is 0 Å². The van der Waals surface area contributed by atoms with E-state index in [9.17, 15) is 0 Å². The first kappa shape index (κ1) is 16.8. The number of rotatable bonds is 9. The van der Waals surface area contributed by atoms with Gasteiger partial charge in [-0.3, -0.25) is 4.99 Å². The van der Waals surface area contributed by atoms with Gasteiger partial charge in [-0.1, -0.05) is 13.3 Å². The summed E-state index contributed by atoms with van der Waals surface area (Å²) < 4.78 is 2.01. The van der Waals surface area contributed by atoms with Gasteiger partial charge < -0.3 is 15.2 Å². The van der Waals surface area contributed by atoms with Crippen molar-refractivity contribution in [1.82, 2.24) is 25.4 Å². The van der Waals surface area contributed by atoms with Crippen LogP contribution < -0.4 is 10.6 Å². The number of guanidine groups is 1. The Labute approximate surface area is 133 Å². The zero-order valence-corrected chi connectivity index (χ0v) is 14.0. The van der Waals surface area contributed by atoms with E-state index in [1.54, 1.807) is 12.7 Å². The molecule has 0 aliphatic heterocycles. The molecule has 6 heteroatoms.